The number of thioether (sulfide) groups is 1. The number of ketones is 1. The summed E-state index contributed by atoms with van der Waals surface area (Å²) in [6, 6.07) is 7.87. The Morgan fingerprint density at radius 3 is 2.75 bits per heavy atom. The first kappa shape index (κ1) is 15.6. The molecule has 0 saturated heterocycles. The molecule has 106 valence electrons. The second-order valence-corrected chi connectivity index (χ2v) is 6.65. The minimum Gasteiger partial charge on any atom is -0.298 e. The van der Waals surface area contributed by atoms with Crippen LogP contribution in [-0.2, 0) is 18.3 Å². The van der Waals surface area contributed by atoms with Crippen LogP contribution >= 0.6 is 39.3 Å². The Labute approximate surface area is 135 Å². The molecule has 0 radical (unpaired) electrons. The van der Waals surface area contributed by atoms with E-state index in [0.717, 1.165) is 20.8 Å². The van der Waals surface area contributed by atoms with E-state index in [4.69, 9.17) is 11.6 Å². The molecule has 0 aliphatic carbocycles. The van der Waals surface area contributed by atoms with E-state index in [1.54, 1.807) is 4.68 Å². The van der Waals surface area contributed by atoms with Crippen molar-refractivity contribution in [2.75, 3.05) is 5.75 Å². The third-order valence-corrected chi connectivity index (χ3v) is 5.43. The Bertz CT molecular complexity index is 642. The van der Waals surface area contributed by atoms with Crippen LogP contribution in [-0.4, -0.2) is 21.3 Å². The summed E-state index contributed by atoms with van der Waals surface area (Å²) < 4.78 is 2.69. The van der Waals surface area contributed by atoms with E-state index in [2.05, 4.69) is 21.0 Å². The van der Waals surface area contributed by atoms with Gasteiger partial charge >= 0.3 is 0 Å². The van der Waals surface area contributed by atoms with Crippen molar-refractivity contribution in [3.8, 4) is 0 Å². The number of aryl methyl sites for hydroxylation is 2. The Kier molecular flexibility index (Phi) is 5.29. The van der Waals surface area contributed by atoms with Crippen LogP contribution in [0.25, 0.3) is 0 Å². The maximum atomic E-state index is 12.1. The van der Waals surface area contributed by atoms with Crippen LogP contribution in [0.5, 0.6) is 0 Å². The second-order valence-electron chi connectivity index (χ2n) is 4.40. The van der Waals surface area contributed by atoms with Gasteiger partial charge in [-0.05, 0) is 35.0 Å². The predicted molar refractivity (Wildman–Crippen MR) is 86.5 cm³/mol. The predicted octanol–water partition coefficient (Wildman–Crippen LogP) is 4.05. The smallest absolute Gasteiger partial charge is 0.149 e. The van der Waals surface area contributed by atoms with Gasteiger partial charge in [0.1, 0.15) is 5.78 Å². The molecular weight excluding hydrogens is 360 g/mol. The Morgan fingerprint density at radius 2 is 2.15 bits per heavy atom. The average molecular weight is 374 g/mol. The molecule has 0 bridgehead atoms. The zero-order valence-electron chi connectivity index (χ0n) is 11.2. The van der Waals surface area contributed by atoms with Gasteiger partial charge in [0.2, 0.25) is 0 Å². The molecule has 1 heterocycles. The van der Waals surface area contributed by atoms with Crippen molar-refractivity contribution in [2.45, 2.75) is 18.2 Å². The van der Waals surface area contributed by atoms with Crippen LogP contribution in [0.4, 0.5) is 0 Å². The van der Waals surface area contributed by atoms with Crippen molar-refractivity contribution in [2.24, 2.45) is 7.05 Å². The topological polar surface area (TPSA) is 34.9 Å². The first-order chi connectivity index (χ1) is 9.49. The van der Waals surface area contributed by atoms with Gasteiger partial charge in [-0.2, -0.15) is 5.10 Å². The summed E-state index contributed by atoms with van der Waals surface area (Å²) in [7, 11) is 1.81. The van der Waals surface area contributed by atoms with Gasteiger partial charge in [-0.25, -0.2) is 0 Å². The first-order valence-electron chi connectivity index (χ1n) is 6.06. The molecular formula is C14H14BrClN2OS. The minimum atomic E-state index is 0.135. The van der Waals surface area contributed by atoms with Gasteiger partial charge in [-0.15, -0.1) is 11.8 Å². The Morgan fingerprint density at radius 1 is 1.45 bits per heavy atom. The third-order valence-electron chi connectivity index (χ3n) is 2.85. The molecule has 20 heavy (non-hydrogen) atoms. The van der Waals surface area contributed by atoms with E-state index >= 15 is 0 Å². The lowest BCUT2D eigenvalue weighted by molar-refractivity contribution is -0.116. The van der Waals surface area contributed by atoms with Crippen LogP contribution in [0.3, 0.4) is 0 Å². The lowest BCUT2D eigenvalue weighted by atomic mass is 10.2. The molecule has 0 spiro atoms. The van der Waals surface area contributed by atoms with E-state index in [0.29, 0.717) is 17.2 Å². The summed E-state index contributed by atoms with van der Waals surface area (Å²) in [5.74, 6) is 0.555. The normalized spacial score (nSPS) is 10.8. The highest BCUT2D eigenvalue weighted by molar-refractivity contribution is 9.10. The summed E-state index contributed by atoms with van der Waals surface area (Å²) in [5, 5.41) is 4.80. The summed E-state index contributed by atoms with van der Waals surface area (Å²) in [4.78, 5) is 13.1. The quantitative estimate of drug-likeness (QED) is 0.742. The van der Waals surface area contributed by atoms with Crippen LogP contribution in [0.2, 0.25) is 5.02 Å². The maximum absolute atomic E-state index is 12.1. The molecule has 6 heteroatoms. The Balaban J connectivity index is 1.98. The van der Waals surface area contributed by atoms with Crippen LogP contribution in [0.15, 0.2) is 33.6 Å². The number of halogens is 2. The fraction of sp³-hybridized carbons (Fsp3) is 0.286. The van der Waals surface area contributed by atoms with Gasteiger partial charge < -0.3 is 0 Å². The van der Waals surface area contributed by atoms with Crippen LogP contribution in [0, 0.1) is 6.92 Å². The molecule has 1 aromatic carbocycles. The van der Waals surface area contributed by atoms with Gasteiger partial charge in [0.05, 0.1) is 28.6 Å². The van der Waals surface area contributed by atoms with Crippen molar-refractivity contribution in [3.05, 3.63) is 45.1 Å². The van der Waals surface area contributed by atoms with Gasteiger partial charge in [-0.3, -0.25) is 9.48 Å². The molecule has 0 amide bonds. The molecule has 0 atom stereocenters. The van der Waals surface area contributed by atoms with Gasteiger partial charge in [0, 0.05) is 16.4 Å². The van der Waals surface area contributed by atoms with Crippen molar-refractivity contribution in [3.63, 3.8) is 0 Å². The number of carbonyl (C=O) groups excluding carboxylic acids is 1. The number of hydrogen-bond acceptors (Lipinski definition) is 3. The molecule has 0 saturated carbocycles. The zero-order chi connectivity index (χ0) is 14.7. The number of carbonyl (C=O) groups is 1. The molecule has 2 rings (SSSR count). The van der Waals surface area contributed by atoms with E-state index in [-0.39, 0.29) is 5.78 Å². The highest BCUT2D eigenvalue weighted by Crippen LogP contribution is 2.27. The highest BCUT2D eigenvalue weighted by atomic mass is 79.9. The number of hydrogen-bond donors (Lipinski definition) is 0. The van der Waals surface area contributed by atoms with Crippen molar-refractivity contribution >= 4 is 45.1 Å². The van der Waals surface area contributed by atoms with E-state index < -0.39 is 0 Å². The SMILES string of the molecule is Cc1nn(C)c(CC(=O)CSc2ccccc2Br)c1Cl. The molecule has 1 aromatic heterocycles. The highest BCUT2D eigenvalue weighted by Gasteiger charge is 2.15. The zero-order valence-corrected chi connectivity index (χ0v) is 14.3. The van der Waals surface area contributed by atoms with Crippen molar-refractivity contribution in [1.29, 1.82) is 0 Å². The van der Waals surface area contributed by atoms with E-state index in [1.807, 2.05) is 38.2 Å². The van der Waals surface area contributed by atoms with Crippen molar-refractivity contribution in [1.82, 2.24) is 9.78 Å². The summed E-state index contributed by atoms with van der Waals surface area (Å²) in [6.45, 7) is 1.84. The molecule has 3 nitrogen and oxygen atoms in total. The number of rotatable bonds is 5. The van der Waals surface area contributed by atoms with Gasteiger partial charge in [-0.1, -0.05) is 23.7 Å². The first-order valence-corrected chi connectivity index (χ1v) is 8.21. The largest absolute Gasteiger partial charge is 0.298 e. The van der Waals surface area contributed by atoms with Gasteiger partial charge in [0.25, 0.3) is 0 Å². The monoisotopic (exact) mass is 372 g/mol. The standard InChI is InChI=1S/C14H14BrClN2OS/c1-9-14(16)12(18(2)17-9)7-10(19)8-20-13-6-4-3-5-11(13)15/h3-6H,7-8H2,1-2H3. The van der Waals surface area contributed by atoms with Gasteiger partial charge in [0.15, 0.2) is 0 Å². The summed E-state index contributed by atoms with van der Waals surface area (Å²) in [6.07, 6.45) is 0.313. The van der Waals surface area contributed by atoms with Crippen LogP contribution < -0.4 is 0 Å². The minimum absolute atomic E-state index is 0.135. The molecule has 0 unspecified atom stereocenters. The number of Topliss-reactive ketones (excluding diaryl/α,β-unsaturated/α-hetero) is 1. The number of benzene rings is 1. The number of aromatic nitrogens is 2. The maximum Gasteiger partial charge on any atom is 0.149 e. The lowest BCUT2D eigenvalue weighted by Crippen LogP contribution is -2.10. The van der Waals surface area contributed by atoms with Crippen LogP contribution in [0.1, 0.15) is 11.4 Å². The molecule has 0 aliphatic heterocycles. The number of nitrogens with zero attached hydrogens (tertiary/aromatic N) is 2. The Hall–Kier alpha value is -0.780. The third kappa shape index (κ3) is 3.65. The fourth-order valence-corrected chi connectivity index (χ4v) is 3.48. The van der Waals surface area contributed by atoms with E-state index in [9.17, 15) is 4.79 Å². The second kappa shape index (κ2) is 6.78. The summed E-state index contributed by atoms with van der Waals surface area (Å²) in [5.41, 5.74) is 1.54. The summed E-state index contributed by atoms with van der Waals surface area (Å²) >= 11 is 11.1. The van der Waals surface area contributed by atoms with Crippen molar-refractivity contribution < 1.29 is 4.79 Å². The lowest BCUT2D eigenvalue weighted by Gasteiger charge is -2.04. The average Bonchev–Trinajstić information content (AvgIpc) is 2.64. The molecule has 0 fully saturated rings. The fourth-order valence-electron chi connectivity index (χ4n) is 1.83. The van der Waals surface area contributed by atoms with E-state index in [1.165, 1.54) is 11.8 Å². The molecule has 0 N–H and O–H groups in total. The molecule has 0 aliphatic rings. The molecule has 2 aromatic rings.